The lowest BCUT2D eigenvalue weighted by atomic mass is 9.99. The van der Waals surface area contributed by atoms with E-state index in [1.165, 1.54) is 24.3 Å². The molecule has 2 heterocycles. The standard InChI is InChI=1S/C19H18ClNO5/c1-3-8-21-16(13-5-4-9-26-13)15(18(23)19(21)24)17(22)11-6-7-12(20)14(10-11)25-2/h4-7,9-10,16,22H,3,8H2,1-2H3/b17-15-. The minimum absolute atomic E-state index is 0.0113. The van der Waals surface area contributed by atoms with Crippen molar-refractivity contribution < 1.29 is 23.8 Å². The van der Waals surface area contributed by atoms with Crippen LogP contribution >= 0.6 is 11.6 Å². The zero-order valence-electron chi connectivity index (χ0n) is 14.4. The van der Waals surface area contributed by atoms with Crippen LogP contribution in [0.25, 0.3) is 5.76 Å². The summed E-state index contributed by atoms with van der Waals surface area (Å²) < 4.78 is 10.6. The predicted molar refractivity (Wildman–Crippen MR) is 96.0 cm³/mol. The van der Waals surface area contributed by atoms with E-state index in [-0.39, 0.29) is 11.3 Å². The number of Topliss-reactive ketones (excluding diaryl/α,β-unsaturated/α-hetero) is 1. The number of aliphatic hydroxyl groups excluding tert-OH is 1. The van der Waals surface area contributed by atoms with E-state index in [4.69, 9.17) is 20.8 Å². The molecule has 7 heteroatoms. The van der Waals surface area contributed by atoms with Crippen molar-refractivity contribution >= 4 is 29.1 Å². The molecule has 1 fully saturated rings. The highest BCUT2D eigenvalue weighted by Gasteiger charge is 2.47. The second kappa shape index (κ2) is 7.25. The van der Waals surface area contributed by atoms with Gasteiger partial charge in [-0.1, -0.05) is 18.5 Å². The van der Waals surface area contributed by atoms with Gasteiger partial charge in [0.05, 0.1) is 24.0 Å². The maximum Gasteiger partial charge on any atom is 0.295 e. The summed E-state index contributed by atoms with van der Waals surface area (Å²) >= 11 is 6.02. The molecule has 6 nitrogen and oxygen atoms in total. The van der Waals surface area contributed by atoms with Crippen molar-refractivity contribution in [1.82, 2.24) is 4.90 Å². The van der Waals surface area contributed by atoms with Crippen LogP contribution in [0.1, 0.15) is 30.7 Å². The lowest BCUT2D eigenvalue weighted by Crippen LogP contribution is -2.30. The number of ketones is 1. The fourth-order valence-electron chi connectivity index (χ4n) is 3.06. The SMILES string of the molecule is CCCN1C(=O)C(=O)/C(=C(\O)c2ccc(Cl)c(OC)c2)C1c1ccco1. The number of hydrogen-bond donors (Lipinski definition) is 1. The lowest BCUT2D eigenvalue weighted by Gasteiger charge is -2.22. The number of benzene rings is 1. The second-order valence-electron chi connectivity index (χ2n) is 5.86. The molecule has 0 spiro atoms. The van der Waals surface area contributed by atoms with Crippen molar-refractivity contribution in [3.63, 3.8) is 0 Å². The minimum atomic E-state index is -0.772. The number of aliphatic hydroxyl groups is 1. The summed E-state index contributed by atoms with van der Waals surface area (Å²) in [4.78, 5) is 26.5. The first-order chi connectivity index (χ1) is 12.5. The molecule has 0 radical (unpaired) electrons. The van der Waals surface area contributed by atoms with Crippen molar-refractivity contribution in [3.8, 4) is 5.75 Å². The average molecular weight is 376 g/mol. The number of hydrogen-bond acceptors (Lipinski definition) is 5. The molecule has 1 atom stereocenters. The topological polar surface area (TPSA) is 80.0 Å². The zero-order chi connectivity index (χ0) is 18.8. The van der Waals surface area contributed by atoms with E-state index in [1.807, 2.05) is 6.92 Å². The fourth-order valence-corrected chi connectivity index (χ4v) is 3.25. The predicted octanol–water partition coefficient (Wildman–Crippen LogP) is 3.77. The molecule has 1 aliphatic heterocycles. The molecule has 1 unspecified atom stereocenters. The maximum atomic E-state index is 12.6. The summed E-state index contributed by atoms with van der Waals surface area (Å²) in [6, 6.07) is 7.21. The Hall–Kier alpha value is -2.73. The molecule has 0 bridgehead atoms. The first kappa shape index (κ1) is 18.1. The third-order valence-corrected chi connectivity index (χ3v) is 4.55. The molecule has 0 saturated carbocycles. The van der Waals surface area contributed by atoms with Gasteiger partial charge in [-0.3, -0.25) is 9.59 Å². The molecule has 2 aromatic rings. The highest BCUT2D eigenvalue weighted by atomic mass is 35.5. The van der Waals surface area contributed by atoms with Crippen LogP contribution in [0.15, 0.2) is 46.6 Å². The van der Waals surface area contributed by atoms with Gasteiger partial charge in [-0.15, -0.1) is 0 Å². The van der Waals surface area contributed by atoms with Crippen molar-refractivity contribution in [1.29, 1.82) is 0 Å². The monoisotopic (exact) mass is 375 g/mol. The van der Waals surface area contributed by atoms with Gasteiger partial charge in [-0.05, 0) is 36.8 Å². The van der Waals surface area contributed by atoms with Crippen LogP contribution in [0.3, 0.4) is 0 Å². The van der Waals surface area contributed by atoms with E-state index in [1.54, 1.807) is 24.3 Å². The molecule has 1 aromatic carbocycles. The van der Waals surface area contributed by atoms with Crippen LogP contribution in [0, 0.1) is 0 Å². The maximum absolute atomic E-state index is 12.6. The number of methoxy groups -OCH3 is 1. The molecule has 1 saturated heterocycles. The first-order valence-corrected chi connectivity index (χ1v) is 8.53. The number of carbonyl (C=O) groups is 2. The molecular weight excluding hydrogens is 358 g/mol. The van der Waals surface area contributed by atoms with Crippen molar-refractivity contribution in [2.24, 2.45) is 0 Å². The van der Waals surface area contributed by atoms with E-state index in [9.17, 15) is 14.7 Å². The van der Waals surface area contributed by atoms with Crippen LogP contribution in [0.2, 0.25) is 5.02 Å². The van der Waals surface area contributed by atoms with E-state index in [2.05, 4.69) is 0 Å². The molecule has 0 aliphatic carbocycles. The quantitative estimate of drug-likeness (QED) is 0.488. The van der Waals surface area contributed by atoms with Gasteiger partial charge in [0.2, 0.25) is 0 Å². The molecule has 136 valence electrons. The lowest BCUT2D eigenvalue weighted by molar-refractivity contribution is -0.140. The largest absolute Gasteiger partial charge is 0.507 e. The zero-order valence-corrected chi connectivity index (χ0v) is 15.1. The molecule has 3 rings (SSSR count). The molecule has 1 N–H and O–H groups in total. The Kier molecular flexibility index (Phi) is 5.04. The summed E-state index contributed by atoms with van der Waals surface area (Å²) in [5.74, 6) is -0.923. The average Bonchev–Trinajstić information content (AvgIpc) is 3.24. The summed E-state index contributed by atoms with van der Waals surface area (Å²) in [6.45, 7) is 2.28. The molecule has 1 amide bonds. The van der Waals surface area contributed by atoms with Gasteiger partial charge in [0, 0.05) is 12.1 Å². The number of carbonyl (C=O) groups excluding carboxylic acids is 2. The third-order valence-electron chi connectivity index (χ3n) is 4.24. The van der Waals surface area contributed by atoms with Crippen molar-refractivity contribution in [2.45, 2.75) is 19.4 Å². The minimum Gasteiger partial charge on any atom is -0.507 e. The number of furan rings is 1. The van der Waals surface area contributed by atoms with Crippen molar-refractivity contribution in [2.75, 3.05) is 13.7 Å². The summed E-state index contributed by atoms with van der Waals surface area (Å²) in [5, 5.41) is 11.2. The fraction of sp³-hybridized carbons (Fsp3) is 0.263. The first-order valence-electron chi connectivity index (χ1n) is 8.15. The van der Waals surface area contributed by atoms with Crippen LogP contribution < -0.4 is 4.74 Å². The van der Waals surface area contributed by atoms with Gasteiger partial charge in [0.1, 0.15) is 23.3 Å². The number of halogens is 1. The summed E-state index contributed by atoms with van der Waals surface area (Å²) in [6.07, 6.45) is 2.13. The Labute approximate surface area is 155 Å². The smallest absolute Gasteiger partial charge is 0.295 e. The normalized spacial score (nSPS) is 19.2. The van der Waals surface area contributed by atoms with Crippen LogP contribution in [-0.2, 0) is 9.59 Å². The Morgan fingerprint density at radius 3 is 2.73 bits per heavy atom. The van der Waals surface area contributed by atoms with Crippen molar-refractivity contribution in [3.05, 3.63) is 58.5 Å². The highest BCUT2D eigenvalue weighted by molar-refractivity contribution is 6.46. The Bertz CT molecular complexity index is 872. The van der Waals surface area contributed by atoms with Gasteiger partial charge in [0.15, 0.2) is 0 Å². The molecule has 1 aromatic heterocycles. The third kappa shape index (κ3) is 2.97. The van der Waals surface area contributed by atoms with Crippen LogP contribution in [0.5, 0.6) is 5.75 Å². The highest BCUT2D eigenvalue weighted by Crippen LogP contribution is 2.40. The van der Waals surface area contributed by atoms with Gasteiger partial charge >= 0.3 is 0 Å². The van der Waals surface area contributed by atoms with E-state index >= 15 is 0 Å². The molecule has 1 aliphatic rings. The summed E-state index contributed by atoms with van der Waals surface area (Å²) in [7, 11) is 1.45. The van der Waals surface area contributed by atoms with Gasteiger partial charge in [-0.25, -0.2) is 0 Å². The van der Waals surface area contributed by atoms with Gasteiger partial charge in [0.25, 0.3) is 11.7 Å². The number of rotatable bonds is 5. The second-order valence-corrected chi connectivity index (χ2v) is 6.26. The molecular formula is C19H18ClNO5. The number of likely N-dealkylation sites (tertiary alicyclic amines) is 1. The number of nitrogens with zero attached hydrogens (tertiary/aromatic N) is 1. The Morgan fingerprint density at radius 2 is 2.12 bits per heavy atom. The Morgan fingerprint density at radius 1 is 1.35 bits per heavy atom. The molecule has 26 heavy (non-hydrogen) atoms. The number of amides is 1. The van der Waals surface area contributed by atoms with E-state index in [0.717, 1.165) is 0 Å². The van der Waals surface area contributed by atoms with Crippen LogP contribution in [0.4, 0.5) is 0 Å². The number of ether oxygens (including phenoxy) is 1. The summed E-state index contributed by atoms with van der Waals surface area (Å²) in [5.41, 5.74) is 0.320. The van der Waals surface area contributed by atoms with E-state index < -0.39 is 17.7 Å². The Balaban J connectivity index is 2.17. The van der Waals surface area contributed by atoms with Crippen LogP contribution in [-0.4, -0.2) is 35.4 Å². The van der Waals surface area contributed by atoms with E-state index in [0.29, 0.717) is 35.1 Å². The van der Waals surface area contributed by atoms with Gasteiger partial charge < -0.3 is 19.2 Å². The van der Waals surface area contributed by atoms with Gasteiger partial charge in [-0.2, -0.15) is 0 Å².